The first-order valence-corrected chi connectivity index (χ1v) is 5.52. The predicted molar refractivity (Wildman–Crippen MR) is 70.3 cm³/mol. The van der Waals surface area contributed by atoms with Gasteiger partial charge in [-0.15, -0.1) is 12.4 Å². The van der Waals surface area contributed by atoms with Crippen LogP contribution >= 0.6 is 12.4 Å². The molecule has 1 N–H and O–H groups in total. The van der Waals surface area contributed by atoms with E-state index >= 15 is 0 Å². The van der Waals surface area contributed by atoms with Gasteiger partial charge in [0.15, 0.2) is 0 Å². The normalized spacial score (nSPS) is 13.2. The maximum Gasteiger partial charge on any atom is 0.127 e. The van der Waals surface area contributed by atoms with Crippen molar-refractivity contribution in [3.8, 4) is 5.75 Å². The molecule has 1 aromatic carbocycles. The van der Waals surface area contributed by atoms with Crippen molar-refractivity contribution in [2.24, 2.45) is 0 Å². The second-order valence-electron chi connectivity index (χ2n) is 3.81. The van der Waals surface area contributed by atoms with Crippen LogP contribution in [0.2, 0.25) is 0 Å². The molecular weight excluding hydrogens is 222 g/mol. The number of benzene rings is 1. The van der Waals surface area contributed by atoms with Crippen LogP contribution < -0.4 is 10.1 Å². The Morgan fingerprint density at radius 3 is 2.94 bits per heavy atom. The third-order valence-electron chi connectivity index (χ3n) is 2.47. The zero-order chi connectivity index (χ0) is 10.5. The molecule has 3 heteroatoms. The topological polar surface area (TPSA) is 21.3 Å². The zero-order valence-electron chi connectivity index (χ0n) is 9.53. The number of rotatable bonds is 4. The number of fused-ring (bicyclic) bond motifs is 1. The lowest BCUT2D eigenvalue weighted by Crippen LogP contribution is -2.22. The van der Waals surface area contributed by atoms with Gasteiger partial charge in [-0.25, -0.2) is 0 Å². The molecular formula is C13H18ClNO. The molecule has 0 spiro atoms. The maximum atomic E-state index is 5.66. The quantitative estimate of drug-likeness (QED) is 0.816. The molecule has 0 radical (unpaired) electrons. The monoisotopic (exact) mass is 239 g/mol. The summed E-state index contributed by atoms with van der Waals surface area (Å²) in [4.78, 5) is 0. The summed E-state index contributed by atoms with van der Waals surface area (Å²) < 4.78 is 5.66. The van der Waals surface area contributed by atoms with Crippen molar-refractivity contribution in [2.75, 3.05) is 19.7 Å². The summed E-state index contributed by atoms with van der Waals surface area (Å²) in [5, 5.41) is 3.39. The first-order valence-electron chi connectivity index (χ1n) is 5.52. The van der Waals surface area contributed by atoms with Gasteiger partial charge in [-0.3, -0.25) is 0 Å². The molecule has 1 aliphatic rings. The summed E-state index contributed by atoms with van der Waals surface area (Å²) in [6.07, 6.45) is 3.40. The van der Waals surface area contributed by atoms with Crippen molar-refractivity contribution >= 4 is 18.5 Å². The molecule has 0 fully saturated rings. The van der Waals surface area contributed by atoms with Crippen molar-refractivity contribution in [3.63, 3.8) is 0 Å². The molecule has 0 atom stereocenters. The lowest BCUT2D eigenvalue weighted by molar-refractivity contribution is 0.343. The Kier molecular flexibility index (Phi) is 5.36. The molecule has 0 saturated heterocycles. The minimum atomic E-state index is 0. The highest BCUT2D eigenvalue weighted by atomic mass is 35.5. The molecule has 1 aromatic rings. The van der Waals surface area contributed by atoms with Gasteiger partial charge in [0, 0.05) is 12.1 Å². The second kappa shape index (κ2) is 6.56. The van der Waals surface area contributed by atoms with Crippen LogP contribution in [-0.2, 0) is 0 Å². The Balaban J connectivity index is 0.00000128. The molecule has 0 aliphatic carbocycles. The number of halogens is 1. The number of hydrogen-bond acceptors (Lipinski definition) is 2. The highest BCUT2D eigenvalue weighted by molar-refractivity contribution is 5.85. The first-order chi connectivity index (χ1) is 7.40. The molecule has 0 aromatic heterocycles. The highest BCUT2D eigenvalue weighted by Gasteiger charge is 2.09. The second-order valence-corrected chi connectivity index (χ2v) is 3.81. The first kappa shape index (κ1) is 13.1. The molecule has 1 heterocycles. The largest absolute Gasteiger partial charge is 0.489 e. The zero-order valence-corrected chi connectivity index (χ0v) is 10.3. The van der Waals surface area contributed by atoms with Crippen LogP contribution in [0.15, 0.2) is 29.8 Å². The van der Waals surface area contributed by atoms with E-state index in [0.717, 1.165) is 18.8 Å². The summed E-state index contributed by atoms with van der Waals surface area (Å²) in [5.74, 6) is 0.997. The lowest BCUT2D eigenvalue weighted by Gasteiger charge is -2.18. The summed E-state index contributed by atoms with van der Waals surface area (Å²) >= 11 is 0. The molecule has 0 saturated carbocycles. The lowest BCUT2D eigenvalue weighted by atomic mass is 10.1. The maximum absolute atomic E-state index is 5.66. The number of para-hydroxylation sites is 1. The fourth-order valence-corrected chi connectivity index (χ4v) is 1.69. The van der Waals surface area contributed by atoms with Crippen molar-refractivity contribution in [2.45, 2.75) is 13.3 Å². The van der Waals surface area contributed by atoms with E-state index in [4.69, 9.17) is 4.74 Å². The Morgan fingerprint density at radius 1 is 1.31 bits per heavy atom. The standard InChI is InChI=1S/C13H17NO.ClH/c1-2-7-14-9-11-8-12-5-3-4-6-13(12)15-10-11;/h3-6,8,14H,2,7,9-10H2,1H3;1H. The summed E-state index contributed by atoms with van der Waals surface area (Å²) in [5.41, 5.74) is 2.51. The van der Waals surface area contributed by atoms with Gasteiger partial charge in [-0.1, -0.05) is 25.1 Å². The van der Waals surface area contributed by atoms with Crippen LogP contribution in [0.1, 0.15) is 18.9 Å². The highest BCUT2D eigenvalue weighted by Crippen LogP contribution is 2.25. The van der Waals surface area contributed by atoms with Crippen molar-refractivity contribution in [1.29, 1.82) is 0 Å². The molecule has 1 aliphatic heterocycles. The molecule has 0 amide bonds. The third-order valence-corrected chi connectivity index (χ3v) is 2.47. The predicted octanol–water partition coefficient (Wildman–Crippen LogP) is 2.88. The van der Waals surface area contributed by atoms with E-state index in [1.165, 1.54) is 17.6 Å². The van der Waals surface area contributed by atoms with E-state index < -0.39 is 0 Å². The van der Waals surface area contributed by atoms with Crippen molar-refractivity contribution < 1.29 is 4.74 Å². The van der Waals surface area contributed by atoms with E-state index in [1.54, 1.807) is 0 Å². The fourth-order valence-electron chi connectivity index (χ4n) is 1.69. The van der Waals surface area contributed by atoms with Gasteiger partial charge in [-0.2, -0.15) is 0 Å². The number of hydrogen-bond donors (Lipinski definition) is 1. The van der Waals surface area contributed by atoms with Crippen molar-refractivity contribution in [3.05, 3.63) is 35.4 Å². The van der Waals surface area contributed by atoms with Gasteiger partial charge < -0.3 is 10.1 Å². The Bertz CT molecular complexity index is 363. The summed E-state index contributed by atoms with van der Waals surface area (Å²) in [6, 6.07) is 8.16. The van der Waals surface area contributed by atoms with Gasteiger partial charge >= 0.3 is 0 Å². The summed E-state index contributed by atoms with van der Waals surface area (Å²) in [7, 11) is 0. The van der Waals surface area contributed by atoms with Crippen LogP contribution in [0.3, 0.4) is 0 Å². The van der Waals surface area contributed by atoms with Crippen LogP contribution in [0, 0.1) is 0 Å². The number of nitrogens with one attached hydrogen (secondary N) is 1. The molecule has 0 unspecified atom stereocenters. The third kappa shape index (κ3) is 3.26. The average Bonchev–Trinajstić information content (AvgIpc) is 2.29. The molecule has 2 rings (SSSR count). The minimum absolute atomic E-state index is 0. The van der Waals surface area contributed by atoms with Crippen LogP contribution in [0.25, 0.3) is 6.08 Å². The van der Waals surface area contributed by atoms with Gasteiger partial charge in [0.2, 0.25) is 0 Å². The molecule has 2 nitrogen and oxygen atoms in total. The van der Waals surface area contributed by atoms with Gasteiger partial charge in [0.25, 0.3) is 0 Å². The van der Waals surface area contributed by atoms with E-state index in [2.05, 4.69) is 24.4 Å². The SMILES string of the molecule is CCCNCC1=Cc2ccccc2OC1.Cl. The van der Waals surface area contributed by atoms with Gasteiger partial charge in [0.05, 0.1) is 0 Å². The average molecular weight is 240 g/mol. The van der Waals surface area contributed by atoms with E-state index in [0.29, 0.717) is 6.61 Å². The minimum Gasteiger partial charge on any atom is -0.489 e. The van der Waals surface area contributed by atoms with Crippen molar-refractivity contribution in [1.82, 2.24) is 5.32 Å². The molecule has 88 valence electrons. The Labute approximate surface area is 103 Å². The molecule has 16 heavy (non-hydrogen) atoms. The fraction of sp³-hybridized carbons (Fsp3) is 0.385. The van der Waals surface area contributed by atoms with Gasteiger partial charge in [0.1, 0.15) is 12.4 Å². The Morgan fingerprint density at radius 2 is 2.12 bits per heavy atom. The van der Waals surface area contributed by atoms with E-state index in [1.807, 2.05) is 18.2 Å². The smallest absolute Gasteiger partial charge is 0.127 e. The van der Waals surface area contributed by atoms with E-state index in [9.17, 15) is 0 Å². The number of ether oxygens (including phenoxy) is 1. The van der Waals surface area contributed by atoms with Crippen LogP contribution in [0.5, 0.6) is 5.75 Å². The molecule has 0 bridgehead atoms. The van der Waals surface area contributed by atoms with E-state index in [-0.39, 0.29) is 12.4 Å². The Hall–Kier alpha value is -0.990. The van der Waals surface area contributed by atoms with Crippen LogP contribution in [0.4, 0.5) is 0 Å². The van der Waals surface area contributed by atoms with Gasteiger partial charge in [-0.05, 0) is 30.7 Å². The van der Waals surface area contributed by atoms with Crippen LogP contribution in [-0.4, -0.2) is 19.7 Å². The summed E-state index contributed by atoms with van der Waals surface area (Å²) in [6.45, 7) is 4.89.